The van der Waals surface area contributed by atoms with E-state index in [0.717, 1.165) is 28.7 Å². The van der Waals surface area contributed by atoms with Crippen molar-refractivity contribution in [2.24, 2.45) is 0 Å². The molecule has 2 aromatic heterocycles. The number of carbonyl (C=O) groups is 1. The van der Waals surface area contributed by atoms with Crippen molar-refractivity contribution in [2.45, 2.75) is 32.7 Å². The first-order valence-corrected chi connectivity index (χ1v) is 7.49. The van der Waals surface area contributed by atoms with Crippen LogP contribution in [-0.4, -0.2) is 5.91 Å². The molecule has 0 bridgehead atoms. The summed E-state index contributed by atoms with van der Waals surface area (Å²) in [5.41, 5.74) is 2.97. The van der Waals surface area contributed by atoms with Crippen molar-refractivity contribution in [1.29, 1.82) is 0 Å². The Labute approximate surface area is 129 Å². The molecule has 0 fully saturated rings. The van der Waals surface area contributed by atoms with Gasteiger partial charge in [-0.15, -0.1) is 0 Å². The maximum atomic E-state index is 12.2. The second-order valence-electron chi connectivity index (χ2n) is 5.43. The van der Waals surface area contributed by atoms with Crippen LogP contribution in [0.25, 0.3) is 11.0 Å². The lowest BCUT2D eigenvalue weighted by Crippen LogP contribution is -2.27. The molecule has 114 valence electrons. The third-order valence-electron chi connectivity index (χ3n) is 3.83. The van der Waals surface area contributed by atoms with Crippen molar-refractivity contribution >= 4 is 16.9 Å². The van der Waals surface area contributed by atoms with E-state index in [1.807, 2.05) is 31.2 Å². The topological polar surface area (TPSA) is 55.4 Å². The minimum atomic E-state index is -0.146. The van der Waals surface area contributed by atoms with Crippen molar-refractivity contribution in [3.05, 3.63) is 59.7 Å². The van der Waals surface area contributed by atoms with Gasteiger partial charge in [0.25, 0.3) is 0 Å². The second-order valence-corrected chi connectivity index (χ2v) is 5.43. The fraction of sp³-hybridized carbons (Fsp3) is 0.278. The fourth-order valence-electron chi connectivity index (χ4n) is 2.56. The van der Waals surface area contributed by atoms with Crippen LogP contribution in [0.5, 0.6) is 0 Å². The van der Waals surface area contributed by atoms with E-state index in [4.69, 9.17) is 8.83 Å². The summed E-state index contributed by atoms with van der Waals surface area (Å²) in [6.07, 6.45) is 4.53. The van der Waals surface area contributed by atoms with E-state index in [9.17, 15) is 4.79 Å². The van der Waals surface area contributed by atoms with E-state index in [1.54, 1.807) is 12.5 Å². The molecule has 0 aliphatic carbocycles. The first-order chi connectivity index (χ1) is 10.7. The molecular formula is C18H19NO3. The molecule has 4 heteroatoms. The van der Waals surface area contributed by atoms with Crippen molar-refractivity contribution in [2.75, 3.05) is 0 Å². The zero-order valence-electron chi connectivity index (χ0n) is 12.8. The molecule has 0 radical (unpaired) electrons. The van der Waals surface area contributed by atoms with Gasteiger partial charge in [-0.25, -0.2) is 0 Å². The lowest BCUT2D eigenvalue weighted by molar-refractivity contribution is -0.121. The van der Waals surface area contributed by atoms with Crippen LogP contribution in [0.15, 0.2) is 51.7 Å². The summed E-state index contributed by atoms with van der Waals surface area (Å²) in [6, 6.07) is 9.65. The Bertz CT molecular complexity index is 771. The molecule has 22 heavy (non-hydrogen) atoms. The molecule has 1 unspecified atom stereocenters. The number of fused-ring (bicyclic) bond motifs is 1. The average molecular weight is 297 g/mol. The average Bonchev–Trinajstić information content (AvgIpc) is 3.16. The summed E-state index contributed by atoms with van der Waals surface area (Å²) < 4.78 is 10.9. The van der Waals surface area contributed by atoms with E-state index in [2.05, 4.69) is 18.3 Å². The standard InChI is InChI=1S/C18H19NO3/c1-3-13-6-7-15-14(11-22-17(15)9-13)10-18(20)19-12(2)16-5-4-8-21-16/h4-9,11-12H,3,10H2,1-2H3,(H,19,20). The maximum Gasteiger partial charge on any atom is 0.225 e. The van der Waals surface area contributed by atoms with Crippen LogP contribution in [0.4, 0.5) is 0 Å². The van der Waals surface area contributed by atoms with Crippen LogP contribution in [0, 0.1) is 0 Å². The zero-order valence-corrected chi connectivity index (χ0v) is 12.8. The molecule has 3 aromatic rings. The van der Waals surface area contributed by atoms with Gasteiger partial charge >= 0.3 is 0 Å². The monoisotopic (exact) mass is 297 g/mol. The number of furan rings is 2. The quantitative estimate of drug-likeness (QED) is 0.774. The summed E-state index contributed by atoms with van der Waals surface area (Å²) in [5, 5.41) is 3.93. The largest absolute Gasteiger partial charge is 0.467 e. The van der Waals surface area contributed by atoms with E-state index in [0.29, 0.717) is 6.42 Å². The lowest BCUT2D eigenvalue weighted by Gasteiger charge is -2.10. The Morgan fingerprint density at radius 3 is 2.86 bits per heavy atom. The van der Waals surface area contributed by atoms with Crippen LogP contribution >= 0.6 is 0 Å². The number of aryl methyl sites for hydroxylation is 1. The van der Waals surface area contributed by atoms with Gasteiger partial charge in [-0.05, 0) is 37.1 Å². The van der Waals surface area contributed by atoms with Crippen LogP contribution in [0.1, 0.15) is 36.8 Å². The van der Waals surface area contributed by atoms with E-state index < -0.39 is 0 Å². The lowest BCUT2D eigenvalue weighted by atomic mass is 10.1. The van der Waals surface area contributed by atoms with Crippen molar-refractivity contribution in [1.82, 2.24) is 5.32 Å². The number of amides is 1. The molecule has 1 aromatic carbocycles. The Balaban J connectivity index is 1.71. The van der Waals surface area contributed by atoms with Gasteiger partial charge < -0.3 is 14.2 Å². The highest BCUT2D eigenvalue weighted by atomic mass is 16.3. The van der Waals surface area contributed by atoms with Crippen molar-refractivity contribution in [3.8, 4) is 0 Å². The molecule has 4 nitrogen and oxygen atoms in total. The van der Waals surface area contributed by atoms with E-state index in [-0.39, 0.29) is 11.9 Å². The third-order valence-corrected chi connectivity index (χ3v) is 3.83. The van der Waals surface area contributed by atoms with E-state index >= 15 is 0 Å². The predicted octanol–water partition coefficient (Wildman–Crippen LogP) is 4.01. The number of rotatable bonds is 5. The summed E-state index contributed by atoms with van der Waals surface area (Å²) in [7, 11) is 0. The molecular weight excluding hydrogens is 278 g/mol. The summed E-state index contributed by atoms with van der Waals surface area (Å²) >= 11 is 0. The van der Waals surface area contributed by atoms with E-state index in [1.165, 1.54) is 5.56 Å². The van der Waals surface area contributed by atoms with Gasteiger partial charge in [-0.1, -0.05) is 19.1 Å². The second kappa shape index (κ2) is 6.10. The SMILES string of the molecule is CCc1ccc2c(CC(=O)NC(C)c3ccco3)coc2c1. The van der Waals surface area contributed by atoms with Crippen LogP contribution in [0.2, 0.25) is 0 Å². The summed E-state index contributed by atoms with van der Waals surface area (Å²) in [5.74, 6) is 0.698. The Morgan fingerprint density at radius 1 is 1.27 bits per heavy atom. The molecule has 1 amide bonds. The van der Waals surface area contributed by atoms with Crippen LogP contribution in [0.3, 0.4) is 0 Å². The maximum absolute atomic E-state index is 12.2. The number of hydrogen-bond acceptors (Lipinski definition) is 3. The van der Waals surface area contributed by atoms with Gasteiger partial charge in [0, 0.05) is 10.9 Å². The molecule has 1 atom stereocenters. The molecule has 0 saturated heterocycles. The number of benzene rings is 1. The molecule has 1 N–H and O–H groups in total. The fourth-order valence-corrected chi connectivity index (χ4v) is 2.56. The van der Waals surface area contributed by atoms with Crippen molar-refractivity contribution < 1.29 is 13.6 Å². The molecule has 0 aliphatic rings. The van der Waals surface area contributed by atoms with Gasteiger partial charge in [0.15, 0.2) is 0 Å². The Morgan fingerprint density at radius 2 is 2.14 bits per heavy atom. The highest BCUT2D eigenvalue weighted by Crippen LogP contribution is 2.23. The highest BCUT2D eigenvalue weighted by Gasteiger charge is 2.15. The summed E-state index contributed by atoms with van der Waals surface area (Å²) in [4.78, 5) is 12.2. The van der Waals surface area contributed by atoms with Crippen molar-refractivity contribution in [3.63, 3.8) is 0 Å². The number of carbonyl (C=O) groups excluding carboxylic acids is 1. The molecule has 0 aliphatic heterocycles. The molecule has 0 saturated carbocycles. The zero-order chi connectivity index (χ0) is 15.5. The first-order valence-electron chi connectivity index (χ1n) is 7.49. The first kappa shape index (κ1) is 14.4. The molecule has 0 spiro atoms. The Hall–Kier alpha value is -2.49. The van der Waals surface area contributed by atoms with Gasteiger partial charge in [0.1, 0.15) is 11.3 Å². The normalized spacial score (nSPS) is 12.5. The predicted molar refractivity (Wildman–Crippen MR) is 84.6 cm³/mol. The van der Waals surface area contributed by atoms with Gasteiger partial charge in [0.05, 0.1) is 25.0 Å². The number of nitrogens with one attached hydrogen (secondary N) is 1. The molecule has 3 rings (SSSR count). The van der Waals surface area contributed by atoms with Gasteiger partial charge in [-0.2, -0.15) is 0 Å². The van der Waals surface area contributed by atoms with Crippen LogP contribution < -0.4 is 5.32 Å². The molecule has 2 heterocycles. The summed E-state index contributed by atoms with van der Waals surface area (Å²) in [6.45, 7) is 4.01. The van der Waals surface area contributed by atoms with Gasteiger partial charge in [0.2, 0.25) is 5.91 Å². The Kier molecular flexibility index (Phi) is 4.00. The van der Waals surface area contributed by atoms with Crippen LogP contribution in [-0.2, 0) is 17.6 Å². The van der Waals surface area contributed by atoms with Gasteiger partial charge in [-0.3, -0.25) is 4.79 Å². The smallest absolute Gasteiger partial charge is 0.225 e. The minimum absolute atomic E-state index is 0.0498. The minimum Gasteiger partial charge on any atom is -0.467 e. The third kappa shape index (κ3) is 2.91. The number of hydrogen-bond donors (Lipinski definition) is 1. The highest BCUT2D eigenvalue weighted by molar-refractivity contribution is 5.88.